The summed E-state index contributed by atoms with van der Waals surface area (Å²) in [4.78, 5) is 7.73. The molecular weight excluding hydrogens is 356 g/mol. The standard InChI is InChI=1S/C18H22N2O3S2/c1-14-5-8-24-16(14)10-20-12-18(13-20)15(6-9-25(18,21)22)11-23-17-4-2-3-7-19-17/h2-5,7-8,15H,6,9-13H2,1H3. The van der Waals surface area contributed by atoms with Gasteiger partial charge < -0.3 is 4.74 Å². The Balaban J connectivity index is 1.44. The van der Waals surface area contributed by atoms with Crippen LogP contribution in [0, 0.1) is 12.8 Å². The van der Waals surface area contributed by atoms with Crippen LogP contribution in [-0.2, 0) is 16.4 Å². The summed E-state index contributed by atoms with van der Waals surface area (Å²) in [6.45, 7) is 4.60. The highest BCUT2D eigenvalue weighted by Crippen LogP contribution is 2.45. The van der Waals surface area contributed by atoms with Gasteiger partial charge in [-0.1, -0.05) is 6.07 Å². The van der Waals surface area contributed by atoms with Crippen molar-refractivity contribution >= 4 is 21.2 Å². The maximum atomic E-state index is 12.7. The summed E-state index contributed by atoms with van der Waals surface area (Å²) in [5, 5.41) is 2.09. The summed E-state index contributed by atoms with van der Waals surface area (Å²) < 4.78 is 30.6. The van der Waals surface area contributed by atoms with Crippen LogP contribution in [0.25, 0.3) is 0 Å². The number of sulfone groups is 1. The topological polar surface area (TPSA) is 59.5 Å². The van der Waals surface area contributed by atoms with Gasteiger partial charge in [0, 0.05) is 42.7 Å². The number of hydrogen-bond donors (Lipinski definition) is 0. The van der Waals surface area contributed by atoms with Gasteiger partial charge in [0.2, 0.25) is 5.88 Å². The number of thiophene rings is 1. The Hall–Kier alpha value is -1.44. The molecule has 1 atom stereocenters. The summed E-state index contributed by atoms with van der Waals surface area (Å²) >= 11 is 1.74. The van der Waals surface area contributed by atoms with E-state index in [1.807, 2.05) is 18.2 Å². The molecular formula is C18H22N2O3S2. The van der Waals surface area contributed by atoms with Crippen LogP contribution in [0.1, 0.15) is 16.9 Å². The molecule has 2 aromatic heterocycles. The zero-order valence-corrected chi connectivity index (χ0v) is 15.9. The fourth-order valence-electron chi connectivity index (χ4n) is 3.92. The third-order valence-electron chi connectivity index (χ3n) is 5.49. The van der Waals surface area contributed by atoms with Gasteiger partial charge >= 0.3 is 0 Å². The lowest BCUT2D eigenvalue weighted by Crippen LogP contribution is -2.67. The van der Waals surface area contributed by atoms with E-state index in [1.54, 1.807) is 17.5 Å². The molecule has 2 fully saturated rings. The molecule has 0 saturated carbocycles. The van der Waals surface area contributed by atoms with E-state index < -0.39 is 14.6 Å². The Bertz CT molecular complexity index is 842. The van der Waals surface area contributed by atoms with Gasteiger partial charge in [0.1, 0.15) is 4.75 Å². The Morgan fingerprint density at radius 3 is 2.88 bits per heavy atom. The van der Waals surface area contributed by atoms with E-state index in [9.17, 15) is 8.42 Å². The van der Waals surface area contributed by atoms with Crippen LogP contribution in [0.4, 0.5) is 0 Å². The molecule has 2 aliphatic rings. The zero-order valence-electron chi connectivity index (χ0n) is 14.2. The highest BCUT2D eigenvalue weighted by Gasteiger charge is 2.61. The van der Waals surface area contributed by atoms with Gasteiger partial charge in [0.05, 0.1) is 12.4 Å². The number of nitrogens with zero attached hydrogens (tertiary/aromatic N) is 2. The first kappa shape index (κ1) is 17.0. The van der Waals surface area contributed by atoms with Crippen LogP contribution >= 0.6 is 11.3 Å². The highest BCUT2D eigenvalue weighted by molar-refractivity contribution is 7.93. The maximum Gasteiger partial charge on any atom is 0.213 e. The third kappa shape index (κ3) is 2.98. The molecule has 1 spiro atoms. The second-order valence-corrected chi connectivity index (χ2v) is 10.5. The molecule has 2 aromatic rings. The average Bonchev–Trinajstić information content (AvgIpc) is 3.08. The van der Waals surface area contributed by atoms with Gasteiger partial charge in [0.25, 0.3) is 0 Å². The van der Waals surface area contributed by atoms with Gasteiger partial charge in [-0.25, -0.2) is 13.4 Å². The molecule has 134 valence electrons. The van der Waals surface area contributed by atoms with E-state index >= 15 is 0 Å². The molecule has 5 nitrogen and oxygen atoms in total. The van der Waals surface area contributed by atoms with Crippen LogP contribution < -0.4 is 4.74 Å². The summed E-state index contributed by atoms with van der Waals surface area (Å²) in [7, 11) is -3.06. The molecule has 2 aliphatic heterocycles. The molecule has 25 heavy (non-hydrogen) atoms. The second-order valence-electron chi connectivity index (χ2n) is 7.02. The van der Waals surface area contributed by atoms with Gasteiger partial charge in [-0.05, 0) is 36.4 Å². The number of ether oxygens (including phenoxy) is 1. The van der Waals surface area contributed by atoms with E-state index in [0.717, 1.165) is 6.54 Å². The number of rotatable bonds is 5. The molecule has 0 N–H and O–H groups in total. The van der Waals surface area contributed by atoms with E-state index in [0.29, 0.717) is 32.0 Å². The van der Waals surface area contributed by atoms with E-state index in [1.165, 1.54) is 10.4 Å². The van der Waals surface area contributed by atoms with Gasteiger partial charge in [-0.2, -0.15) is 0 Å². The predicted octanol–water partition coefficient (Wildman–Crippen LogP) is 2.52. The number of likely N-dealkylation sites (tertiary alicyclic amines) is 1. The van der Waals surface area contributed by atoms with Crippen molar-refractivity contribution in [3.05, 3.63) is 46.3 Å². The molecule has 4 rings (SSSR count). The minimum Gasteiger partial charge on any atom is -0.477 e. The molecule has 0 amide bonds. The van der Waals surface area contributed by atoms with Crippen LogP contribution in [0.2, 0.25) is 0 Å². The molecule has 2 saturated heterocycles. The fraction of sp³-hybridized carbons (Fsp3) is 0.500. The molecule has 0 radical (unpaired) electrons. The van der Waals surface area contributed by atoms with Crippen molar-refractivity contribution in [3.63, 3.8) is 0 Å². The highest BCUT2D eigenvalue weighted by atomic mass is 32.2. The normalized spacial score (nSPS) is 24.3. The Kier molecular flexibility index (Phi) is 4.33. The molecule has 0 aromatic carbocycles. The van der Waals surface area contributed by atoms with Crippen molar-refractivity contribution in [1.29, 1.82) is 0 Å². The smallest absolute Gasteiger partial charge is 0.213 e. The number of pyridine rings is 1. The van der Waals surface area contributed by atoms with E-state index in [2.05, 4.69) is 28.3 Å². The molecule has 0 bridgehead atoms. The summed E-state index contributed by atoms with van der Waals surface area (Å²) in [6.07, 6.45) is 2.37. The largest absolute Gasteiger partial charge is 0.477 e. The predicted molar refractivity (Wildman–Crippen MR) is 98.7 cm³/mol. The number of aryl methyl sites for hydroxylation is 1. The Morgan fingerprint density at radius 1 is 1.36 bits per heavy atom. The molecule has 0 aliphatic carbocycles. The Labute approximate surface area is 152 Å². The monoisotopic (exact) mass is 378 g/mol. The third-order valence-corrected chi connectivity index (χ3v) is 9.10. The van der Waals surface area contributed by atoms with E-state index in [4.69, 9.17) is 4.74 Å². The lowest BCUT2D eigenvalue weighted by atomic mass is 9.83. The fourth-order valence-corrected chi connectivity index (χ4v) is 7.32. The summed E-state index contributed by atoms with van der Waals surface area (Å²) in [6, 6.07) is 7.64. The lowest BCUT2D eigenvalue weighted by Gasteiger charge is -2.49. The van der Waals surface area contributed by atoms with Crippen molar-refractivity contribution in [1.82, 2.24) is 9.88 Å². The number of aromatic nitrogens is 1. The zero-order chi connectivity index (χ0) is 17.5. The minimum absolute atomic E-state index is 0.0418. The molecule has 4 heterocycles. The van der Waals surface area contributed by atoms with Crippen LogP contribution in [0.15, 0.2) is 35.8 Å². The first-order valence-corrected chi connectivity index (χ1v) is 11.0. The average molecular weight is 379 g/mol. The van der Waals surface area contributed by atoms with Crippen LogP contribution in [0.3, 0.4) is 0 Å². The molecule has 1 unspecified atom stereocenters. The first-order chi connectivity index (χ1) is 12.0. The van der Waals surface area contributed by atoms with Crippen molar-refractivity contribution in [2.75, 3.05) is 25.4 Å². The van der Waals surface area contributed by atoms with Gasteiger partial charge in [0.15, 0.2) is 9.84 Å². The van der Waals surface area contributed by atoms with Gasteiger partial charge in [-0.3, -0.25) is 4.90 Å². The van der Waals surface area contributed by atoms with Crippen LogP contribution in [-0.4, -0.2) is 48.5 Å². The first-order valence-electron chi connectivity index (χ1n) is 8.52. The van der Waals surface area contributed by atoms with Crippen molar-refractivity contribution in [2.24, 2.45) is 5.92 Å². The lowest BCUT2D eigenvalue weighted by molar-refractivity contribution is 0.0588. The quantitative estimate of drug-likeness (QED) is 0.800. The second kappa shape index (κ2) is 6.37. The number of hydrogen-bond acceptors (Lipinski definition) is 6. The van der Waals surface area contributed by atoms with Crippen LogP contribution in [0.5, 0.6) is 5.88 Å². The Morgan fingerprint density at radius 2 is 2.20 bits per heavy atom. The van der Waals surface area contributed by atoms with Crippen molar-refractivity contribution in [2.45, 2.75) is 24.6 Å². The molecule has 7 heteroatoms. The maximum absolute atomic E-state index is 12.7. The minimum atomic E-state index is -3.06. The summed E-state index contributed by atoms with van der Waals surface area (Å²) in [5.41, 5.74) is 1.29. The van der Waals surface area contributed by atoms with Gasteiger partial charge in [-0.15, -0.1) is 11.3 Å². The van der Waals surface area contributed by atoms with Crippen molar-refractivity contribution in [3.8, 4) is 5.88 Å². The van der Waals surface area contributed by atoms with Crippen molar-refractivity contribution < 1.29 is 13.2 Å². The van der Waals surface area contributed by atoms with E-state index in [-0.39, 0.29) is 11.7 Å². The SMILES string of the molecule is Cc1ccsc1CN1CC2(C1)C(COc1ccccn1)CCS2(=O)=O. The summed E-state index contributed by atoms with van der Waals surface area (Å²) in [5.74, 6) is 0.877.